The molecule has 1 atom stereocenters. The maximum atomic E-state index is 12.5. The molecule has 0 amide bonds. The minimum atomic E-state index is -5.03. The minimum Gasteiger partial charge on any atom is -0.421 e. The molecule has 102 valence electrons. The molecule has 17 heavy (non-hydrogen) atoms. The second-order valence-corrected chi connectivity index (χ2v) is 2.55. The van der Waals surface area contributed by atoms with Crippen molar-refractivity contribution in [2.24, 2.45) is 0 Å². The summed E-state index contributed by atoms with van der Waals surface area (Å²) in [6.07, 6.45) is -5.11. The van der Waals surface area contributed by atoms with Crippen LogP contribution in [-0.4, -0.2) is 25.4 Å². The van der Waals surface area contributed by atoms with E-state index < -0.39 is 18.2 Å². The van der Waals surface area contributed by atoms with Gasteiger partial charge in [0.15, 0.2) is 6.26 Å². The van der Waals surface area contributed by atoms with Crippen molar-refractivity contribution >= 4 is 0 Å². The molecule has 1 aliphatic rings. The molecule has 0 saturated carbocycles. The smallest absolute Gasteiger partial charge is 0.421 e. The van der Waals surface area contributed by atoms with Gasteiger partial charge in [-0.05, 0) is 18.4 Å². The molecule has 0 aromatic rings. The second-order valence-electron chi connectivity index (χ2n) is 2.55. The van der Waals surface area contributed by atoms with Crippen LogP contribution in [-0.2, 0) is 19.2 Å². The Morgan fingerprint density at radius 3 is 2.12 bits per heavy atom. The molecular weight excluding hydrogens is 255 g/mol. The summed E-state index contributed by atoms with van der Waals surface area (Å²) in [5.41, 5.74) is 0. The van der Waals surface area contributed by atoms with Crippen molar-refractivity contribution in [3.63, 3.8) is 0 Å². The lowest BCUT2D eigenvalue weighted by Crippen LogP contribution is -2.46. The van der Waals surface area contributed by atoms with E-state index >= 15 is 0 Å². The molecule has 0 spiro atoms. The highest BCUT2D eigenvalue weighted by atomic mass is 19.4. The molecular formula is C8H11F5O4. The zero-order chi connectivity index (χ0) is 13.5. The number of ether oxygens (including phenoxy) is 3. The van der Waals surface area contributed by atoms with Crippen LogP contribution in [0.3, 0.4) is 0 Å². The van der Waals surface area contributed by atoms with Crippen molar-refractivity contribution in [3.05, 3.63) is 12.3 Å². The van der Waals surface area contributed by atoms with Gasteiger partial charge in [-0.15, -0.1) is 9.33 Å². The Morgan fingerprint density at radius 2 is 1.88 bits per heavy atom. The molecule has 0 aromatic carbocycles. The summed E-state index contributed by atoms with van der Waals surface area (Å²) in [6, 6.07) is -6.03. The summed E-state index contributed by atoms with van der Waals surface area (Å²) in [5.74, 6) is 0. The predicted molar refractivity (Wildman–Crippen MR) is 44.5 cm³/mol. The standard InChI is InChI=1S/C4HF5O3.C4H10O/c5-2-1-10-4(8,11-2)3(6,7)12-9;1-3-5-4-2/h1H;3-4H2,1-2H3. The topological polar surface area (TPSA) is 36.9 Å². The highest BCUT2D eigenvalue weighted by Crippen LogP contribution is 2.41. The Bertz CT molecular complexity index is 258. The van der Waals surface area contributed by atoms with Crippen molar-refractivity contribution in [2.45, 2.75) is 26.0 Å². The molecule has 4 nitrogen and oxygen atoms in total. The molecule has 0 fully saturated rings. The summed E-state index contributed by atoms with van der Waals surface area (Å²) in [6.45, 7) is 5.67. The summed E-state index contributed by atoms with van der Waals surface area (Å²) in [4.78, 5) is 1.91. The Labute approximate surface area is 93.8 Å². The molecule has 0 aromatic heterocycles. The Balaban J connectivity index is 0.000000437. The molecule has 0 N–H and O–H groups in total. The van der Waals surface area contributed by atoms with E-state index in [9.17, 15) is 22.1 Å². The maximum Gasteiger partial charge on any atom is 0.509 e. The second kappa shape index (κ2) is 6.60. The minimum absolute atomic E-state index is 0.0765. The third-order valence-electron chi connectivity index (χ3n) is 1.38. The Hall–Kier alpha value is -1.09. The number of hydrogen-bond acceptors (Lipinski definition) is 4. The molecule has 0 aliphatic carbocycles. The van der Waals surface area contributed by atoms with Gasteiger partial charge in [0.05, 0.1) is 0 Å². The van der Waals surface area contributed by atoms with Crippen molar-refractivity contribution in [3.8, 4) is 0 Å². The van der Waals surface area contributed by atoms with Crippen LogP contribution >= 0.6 is 0 Å². The molecule has 1 heterocycles. The summed E-state index contributed by atoms with van der Waals surface area (Å²) >= 11 is 0. The summed E-state index contributed by atoms with van der Waals surface area (Å²) in [5, 5.41) is 0. The van der Waals surface area contributed by atoms with Crippen molar-refractivity contribution < 1.29 is 41.2 Å². The highest BCUT2D eigenvalue weighted by Gasteiger charge is 2.67. The van der Waals surface area contributed by atoms with E-state index in [4.69, 9.17) is 4.74 Å². The molecule has 0 radical (unpaired) electrons. The number of hydrogen-bond donors (Lipinski definition) is 0. The van der Waals surface area contributed by atoms with Gasteiger partial charge in [-0.2, -0.15) is 13.2 Å². The SMILES string of the molecule is CCOCC.FOC(F)(F)C1(F)OC=C(F)O1. The van der Waals surface area contributed by atoms with Gasteiger partial charge in [-0.25, -0.2) is 0 Å². The van der Waals surface area contributed by atoms with Gasteiger partial charge < -0.3 is 14.2 Å². The van der Waals surface area contributed by atoms with Gasteiger partial charge in [-0.1, -0.05) is 0 Å². The fraction of sp³-hybridized carbons (Fsp3) is 0.750. The van der Waals surface area contributed by atoms with E-state index in [1.54, 1.807) is 0 Å². The quantitative estimate of drug-likeness (QED) is 0.733. The van der Waals surface area contributed by atoms with Crippen LogP contribution in [0.1, 0.15) is 13.8 Å². The average Bonchev–Trinajstić information content (AvgIpc) is 2.62. The van der Waals surface area contributed by atoms with Crippen LogP contribution < -0.4 is 0 Å². The first-order chi connectivity index (χ1) is 7.83. The van der Waals surface area contributed by atoms with Crippen LogP contribution in [0.25, 0.3) is 0 Å². The monoisotopic (exact) mass is 266 g/mol. The van der Waals surface area contributed by atoms with Gasteiger partial charge in [0.25, 0.3) is 0 Å². The highest BCUT2D eigenvalue weighted by molar-refractivity contribution is 4.87. The normalized spacial score (nSPS) is 23.1. The van der Waals surface area contributed by atoms with Gasteiger partial charge in [-0.3, -0.25) is 0 Å². The Kier molecular flexibility index (Phi) is 6.18. The Morgan fingerprint density at radius 1 is 1.35 bits per heavy atom. The van der Waals surface area contributed by atoms with Crippen LogP contribution in [0, 0.1) is 0 Å². The van der Waals surface area contributed by atoms with E-state index in [0.29, 0.717) is 0 Å². The van der Waals surface area contributed by atoms with E-state index in [-0.39, 0.29) is 6.26 Å². The van der Waals surface area contributed by atoms with E-state index in [1.807, 2.05) is 18.8 Å². The molecule has 0 saturated heterocycles. The van der Waals surface area contributed by atoms with Crippen molar-refractivity contribution in [1.29, 1.82) is 0 Å². The first-order valence-electron chi connectivity index (χ1n) is 4.49. The predicted octanol–water partition coefficient (Wildman–Crippen LogP) is 2.96. The van der Waals surface area contributed by atoms with E-state index in [2.05, 4.69) is 9.47 Å². The lowest BCUT2D eigenvalue weighted by molar-refractivity contribution is -0.486. The van der Waals surface area contributed by atoms with Crippen LogP contribution in [0.2, 0.25) is 0 Å². The third-order valence-corrected chi connectivity index (χ3v) is 1.38. The first-order valence-corrected chi connectivity index (χ1v) is 4.49. The molecule has 1 rings (SSSR count). The molecule has 9 heteroatoms. The summed E-state index contributed by atoms with van der Waals surface area (Å²) in [7, 11) is 0. The van der Waals surface area contributed by atoms with Gasteiger partial charge in [0.1, 0.15) is 0 Å². The fourth-order valence-electron chi connectivity index (χ4n) is 0.674. The largest absolute Gasteiger partial charge is 0.509 e. The number of rotatable bonds is 4. The molecule has 1 aliphatic heterocycles. The van der Waals surface area contributed by atoms with Gasteiger partial charge in [0.2, 0.25) is 0 Å². The average molecular weight is 266 g/mol. The third kappa shape index (κ3) is 4.35. The van der Waals surface area contributed by atoms with Gasteiger partial charge >= 0.3 is 18.2 Å². The molecule has 0 bridgehead atoms. The summed E-state index contributed by atoms with van der Waals surface area (Å²) < 4.78 is 70.7. The van der Waals surface area contributed by atoms with Crippen molar-refractivity contribution in [1.82, 2.24) is 0 Å². The van der Waals surface area contributed by atoms with E-state index in [1.165, 1.54) is 0 Å². The maximum absolute atomic E-state index is 12.5. The van der Waals surface area contributed by atoms with Crippen LogP contribution in [0.4, 0.5) is 22.1 Å². The number of alkyl halides is 3. The van der Waals surface area contributed by atoms with Gasteiger partial charge in [0, 0.05) is 13.2 Å². The van der Waals surface area contributed by atoms with Crippen LogP contribution in [0.15, 0.2) is 12.3 Å². The van der Waals surface area contributed by atoms with Crippen molar-refractivity contribution in [2.75, 3.05) is 13.2 Å². The molecule has 1 unspecified atom stereocenters. The zero-order valence-corrected chi connectivity index (χ0v) is 9.01. The van der Waals surface area contributed by atoms with E-state index in [0.717, 1.165) is 13.2 Å². The lowest BCUT2D eigenvalue weighted by atomic mass is 10.5. The first kappa shape index (κ1) is 15.9. The zero-order valence-electron chi connectivity index (χ0n) is 9.01. The lowest BCUT2D eigenvalue weighted by Gasteiger charge is -2.22. The fourth-order valence-corrected chi connectivity index (χ4v) is 0.674. The van der Waals surface area contributed by atoms with Crippen LogP contribution in [0.5, 0.6) is 0 Å². The number of halogens is 5.